The van der Waals surface area contributed by atoms with Crippen molar-refractivity contribution in [1.29, 1.82) is 0 Å². The molecule has 0 unspecified atom stereocenters. The average molecular weight is 347 g/mol. The predicted molar refractivity (Wildman–Crippen MR) is 95.8 cm³/mol. The first-order valence-corrected chi connectivity index (χ1v) is 8.39. The third-order valence-corrected chi connectivity index (χ3v) is 4.45. The predicted octanol–water partition coefficient (Wildman–Crippen LogP) is 3.13. The molecule has 0 aliphatic carbocycles. The summed E-state index contributed by atoms with van der Waals surface area (Å²) in [6.07, 6.45) is 2.22. The number of anilines is 1. The molecule has 0 atom stereocenters. The van der Waals surface area contributed by atoms with Gasteiger partial charge in [-0.25, -0.2) is 0 Å². The lowest BCUT2D eigenvalue weighted by Gasteiger charge is -2.29. The summed E-state index contributed by atoms with van der Waals surface area (Å²) in [6, 6.07) is 16.5. The number of benzene rings is 2. The molecule has 1 N–H and O–H groups in total. The maximum absolute atomic E-state index is 12.7. The Labute approximate surface area is 150 Å². The summed E-state index contributed by atoms with van der Waals surface area (Å²) in [6.45, 7) is 1.21. The highest BCUT2D eigenvalue weighted by Gasteiger charge is 2.22. The zero-order valence-electron chi connectivity index (χ0n) is 14.0. The maximum atomic E-state index is 12.7. The molecule has 0 radical (unpaired) electrons. The standard InChI is InChI=1S/C20H17N3O3/c24-19(18-8-10-21-26-18)22-17-7-6-14-9-11-23(13-16(14)12-17)20(25)15-4-2-1-3-5-15/h1-8,10,12H,9,11,13H2,(H,22,24). The third-order valence-electron chi connectivity index (χ3n) is 4.45. The molecule has 3 aromatic rings. The van der Waals surface area contributed by atoms with Crippen molar-refractivity contribution in [3.05, 3.63) is 83.2 Å². The summed E-state index contributed by atoms with van der Waals surface area (Å²) in [5.41, 5.74) is 3.58. The molecule has 0 spiro atoms. The van der Waals surface area contributed by atoms with Gasteiger partial charge in [-0.1, -0.05) is 29.4 Å². The van der Waals surface area contributed by atoms with Gasteiger partial charge in [0.2, 0.25) is 5.76 Å². The fourth-order valence-electron chi connectivity index (χ4n) is 3.10. The van der Waals surface area contributed by atoms with Crippen molar-refractivity contribution in [2.24, 2.45) is 0 Å². The van der Waals surface area contributed by atoms with E-state index in [4.69, 9.17) is 4.52 Å². The van der Waals surface area contributed by atoms with Gasteiger partial charge in [0, 0.05) is 30.4 Å². The number of fused-ring (bicyclic) bond motifs is 1. The largest absolute Gasteiger partial charge is 0.351 e. The Morgan fingerprint density at radius 1 is 1.04 bits per heavy atom. The number of rotatable bonds is 3. The second-order valence-electron chi connectivity index (χ2n) is 6.16. The Kier molecular flexibility index (Phi) is 4.23. The molecule has 6 nitrogen and oxygen atoms in total. The van der Waals surface area contributed by atoms with Gasteiger partial charge in [-0.3, -0.25) is 9.59 Å². The molecule has 0 saturated carbocycles. The number of nitrogens with zero attached hydrogens (tertiary/aromatic N) is 2. The zero-order valence-corrected chi connectivity index (χ0v) is 14.0. The van der Waals surface area contributed by atoms with Gasteiger partial charge in [0.05, 0.1) is 6.20 Å². The van der Waals surface area contributed by atoms with Crippen LogP contribution in [0.3, 0.4) is 0 Å². The maximum Gasteiger partial charge on any atom is 0.294 e. The van der Waals surface area contributed by atoms with Crippen molar-refractivity contribution in [1.82, 2.24) is 10.1 Å². The summed E-state index contributed by atoms with van der Waals surface area (Å²) in [5.74, 6) is -0.175. The SMILES string of the molecule is O=C(Nc1ccc2c(c1)CN(C(=O)c1ccccc1)CC2)c1ccno1. The lowest BCUT2D eigenvalue weighted by Crippen LogP contribution is -2.36. The zero-order chi connectivity index (χ0) is 17.9. The van der Waals surface area contributed by atoms with Crippen LogP contribution in [-0.2, 0) is 13.0 Å². The van der Waals surface area contributed by atoms with E-state index < -0.39 is 0 Å². The Morgan fingerprint density at radius 2 is 1.88 bits per heavy atom. The first kappa shape index (κ1) is 16.1. The Morgan fingerprint density at radius 3 is 2.65 bits per heavy atom. The number of aromatic nitrogens is 1. The minimum absolute atomic E-state index is 0.0207. The molecule has 2 amide bonds. The second kappa shape index (κ2) is 6.84. The van der Waals surface area contributed by atoms with E-state index in [0.717, 1.165) is 12.0 Å². The fourth-order valence-corrected chi connectivity index (χ4v) is 3.10. The summed E-state index contributed by atoms with van der Waals surface area (Å²) in [7, 11) is 0. The molecule has 1 aliphatic heterocycles. The number of carbonyl (C=O) groups is 2. The Bertz CT molecular complexity index is 936. The lowest BCUT2D eigenvalue weighted by molar-refractivity contribution is 0.0734. The normalized spacial score (nSPS) is 13.2. The van der Waals surface area contributed by atoms with E-state index in [0.29, 0.717) is 24.3 Å². The van der Waals surface area contributed by atoms with Crippen molar-refractivity contribution in [3.63, 3.8) is 0 Å². The first-order chi connectivity index (χ1) is 12.7. The van der Waals surface area contributed by atoms with Crippen molar-refractivity contribution in [3.8, 4) is 0 Å². The smallest absolute Gasteiger partial charge is 0.294 e. The van der Waals surface area contributed by atoms with E-state index in [1.807, 2.05) is 53.4 Å². The summed E-state index contributed by atoms with van der Waals surface area (Å²) in [5, 5.41) is 6.33. The molecule has 2 heterocycles. The highest BCUT2D eigenvalue weighted by Crippen LogP contribution is 2.24. The molecule has 2 aromatic carbocycles. The van der Waals surface area contributed by atoms with Crippen LogP contribution in [0.4, 0.5) is 5.69 Å². The average Bonchev–Trinajstić information content (AvgIpc) is 3.22. The van der Waals surface area contributed by atoms with E-state index in [1.54, 1.807) is 0 Å². The third kappa shape index (κ3) is 3.21. The van der Waals surface area contributed by atoms with Crippen LogP contribution in [0.15, 0.2) is 65.3 Å². The number of amides is 2. The van der Waals surface area contributed by atoms with Gasteiger partial charge in [0.1, 0.15) is 0 Å². The van der Waals surface area contributed by atoms with E-state index >= 15 is 0 Å². The van der Waals surface area contributed by atoms with Gasteiger partial charge in [0.25, 0.3) is 11.8 Å². The van der Waals surface area contributed by atoms with Gasteiger partial charge in [-0.05, 0) is 41.8 Å². The number of hydrogen-bond acceptors (Lipinski definition) is 4. The minimum Gasteiger partial charge on any atom is -0.351 e. The number of hydrogen-bond donors (Lipinski definition) is 1. The minimum atomic E-state index is -0.351. The van der Waals surface area contributed by atoms with Crippen molar-refractivity contribution >= 4 is 17.5 Å². The van der Waals surface area contributed by atoms with Crippen LogP contribution < -0.4 is 5.32 Å². The van der Waals surface area contributed by atoms with Crippen LogP contribution in [0.1, 0.15) is 32.0 Å². The van der Waals surface area contributed by atoms with Gasteiger partial charge < -0.3 is 14.7 Å². The Hall–Kier alpha value is -3.41. The molecular formula is C20H17N3O3. The number of nitrogens with one attached hydrogen (secondary N) is 1. The summed E-state index contributed by atoms with van der Waals surface area (Å²) >= 11 is 0. The molecule has 26 heavy (non-hydrogen) atoms. The molecular weight excluding hydrogens is 330 g/mol. The van der Waals surface area contributed by atoms with E-state index in [2.05, 4.69) is 10.5 Å². The molecule has 1 aromatic heterocycles. The summed E-state index contributed by atoms with van der Waals surface area (Å²) < 4.78 is 4.86. The second-order valence-corrected chi connectivity index (χ2v) is 6.16. The van der Waals surface area contributed by atoms with Crippen molar-refractivity contribution in [2.75, 3.05) is 11.9 Å². The molecule has 130 valence electrons. The van der Waals surface area contributed by atoms with Gasteiger partial charge in [-0.2, -0.15) is 0 Å². The first-order valence-electron chi connectivity index (χ1n) is 8.39. The van der Waals surface area contributed by atoms with Crippen molar-refractivity contribution in [2.45, 2.75) is 13.0 Å². The Balaban J connectivity index is 1.51. The van der Waals surface area contributed by atoms with Crippen LogP contribution in [0, 0.1) is 0 Å². The fraction of sp³-hybridized carbons (Fsp3) is 0.150. The van der Waals surface area contributed by atoms with Crippen LogP contribution in [0.25, 0.3) is 0 Å². The quantitative estimate of drug-likeness (QED) is 0.790. The molecule has 0 bridgehead atoms. The molecule has 4 rings (SSSR count). The van der Waals surface area contributed by atoms with Crippen LogP contribution >= 0.6 is 0 Å². The van der Waals surface area contributed by atoms with Gasteiger partial charge in [0.15, 0.2) is 0 Å². The monoisotopic (exact) mass is 347 g/mol. The van der Waals surface area contributed by atoms with Gasteiger partial charge >= 0.3 is 0 Å². The van der Waals surface area contributed by atoms with Crippen LogP contribution in [0.2, 0.25) is 0 Å². The van der Waals surface area contributed by atoms with Gasteiger partial charge in [-0.15, -0.1) is 0 Å². The molecule has 1 aliphatic rings. The highest BCUT2D eigenvalue weighted by atomic mass is 16.5. The topological polar surface area (TPSA) is 75.4 Å². The molecule has 0 fully saturated rings. The van der Waals surface area contributed by atoms with Crippen LogP contribution in [-0.4, -0.2) is 28.4 Å². The van der Waals surface area contributed by atoms with E-state index in [1.165, 1.54) is 17.8 Å². The highest BCUT2D eigenvalue weighted by molar-refractivity contribution is 6.02. The molecule has 0 saturated heterocycles. The van der Waals surface area contributed by atoms with Crippen molar-refractivity contribution < 1.29 is 14.1 Å². The van der Waals surface area contributed by atoms with E-state index in [-0.39, 0.29) is 17.6 Å². The van der Waals surface area contributed by atoms with Crippen LogP contribution in [0.5, 0.6) is 0 Å². The molecule has 6 heteroatoms. The number of carbonyl (C=O) groups excluding carboxylic acids is 2. The van der Waals surface area contributed by atoms with E-state index in [9.17, 15) is 9.59 Å². The lowest BCUT2D eigenvalue weighted by atomic mass is 9.98. The summed E-state index contributed by atoms with van der Waals surface area (Å²) in [4.78, 5) is 26.6.